The summed E-state index contributed by atoms with van der Waals surface area (Å²) in [6, 6.07) is 14.2. The molecule has 0 aliphatic carbocycles. The van der Waals surface area contributed by atoms with Crippen molar-refractivity contribution in [2.24, 2.45) is 0 Å². The molecule has 1 amide bonds. The molecule has 0 saturated carbocycles. The lowest BCUT2D eigenvalue weighted by Crippen LogP contribution is -2.36. The van der Waals surface area contributed by atoms with Crippen LogP contribution in [0.15, 0.2) is 53.3 Å². The summed E-state index contributed by atoms with van der Waals surface area (Å²) in [6.07, 6.45) is 1.66. The highest BCUT2D eigenvalue weighted by atomic mass is 35.5. The Bertz CT molecular complexity index is 1240. The molecule has 2 aliphatic heterocycles. The third kappa shape index (κ3) is 3.73. The SMILES string of the molecule is Cc1cc(=O)c(C(=O)N2CCCC2c2ccc3c(c2)OCCO3)nn1-c1ccc(Cl)cc1. The van der Waals surface area contributed by atoms with Crippen molar-refractivity contribution in [2.45, 2.75) is 25.8 Å². The van der Waals surface area contributed by atoms with Crippen LogP contribution in [0.3, 0.4) is 0 Å². The monoisotopic (exact) mass is 451 g/mol. The molecule has 32 heavy (non-hydrogen) atoms. The number of ether oxygens (including phenoxy) is 2. The van der Waals surface area contributed by atoms with Gasteiger partial charge in [-0.3, -0.25) is 9.59 Å². The summed E-state index contributed by atoms with van der Waals surface area (Å²) >= 11 is 5.99. The van der Waals surface area contributed by atoms with Gasteiger partial charge in [-0.2, -0.15) is 5.10 Å². The van der Waals surface area contributed by atoms with E-state index in [4.69, 9.17) is 21.1 Å². The summed E-state index contributed by atoms with van der Waals surface area (Å²) in [7, 11) is 0. The fourth-order valence-electron chi connectivity index (χ4n) is 4.30. The average Bonchev–Trinajstić information content (AvgIpc) is 3.29. The first kappa shape index (κ1) is 20.6. The van der Waals surface area contributed by atoms with Gasteiger partial charge >= 0.3 is 0 Å². The molecule has 3 heterocycles. The Morgan fingerprint density at radius 1 is 1.06 bits per heavy atom. The van der Waals surface area contributed by atoms with E-state index >= 15 is 0 Å². The van der Waals surface area contributed by atoms with Crippen LogP contribution in [-0.2, 0) is 0 Å². The van der Waals surface area contributed by atoms with Crippen molar-refractivity contribution in [1.29, 1.82) is 0 Å². The maximum atomic E-state index is 13.5. The van der Waals surface area contributed by atoms with Crippen LogP contribution in [0.1, 0.15) is 40.6 Å². The topological polar surface area (TPSA) is 73.7 Å². The fourth-order valence-corrected chi connectivity index (χ4v) is 4.42. The molecule has 1 fully saturated rings. The maximum absolute atomic E-state index is 13.5. The number of halogens is 1. The summed E-state index contributed by atoms with van der Waals surface area (Å²) in [4.78, 5) is 27.9. The summed E-state index contributed by atoms with van der Waals surface area (Å²) in [5, 5.41) is 5.04. The standard InChI is InChI=1S/C24H22ClN3O4/c1-15-13-20(29)23(26-28(15)18-7-5-17(25)6-8-18)24(30)27-10-2-3-19(27)16-4-9-21-22(14-16)32-12-11-31-21/h4-9,13-14,19H,2-3,10-12H2,1H3. The smallest absolute Gasteiger partial charge is 0.278 e. The maximum Gasteiger partial charge on any atom is 0.278 e. The summed E-state index contributed by atoms with van der Waals surface area (Å²) in [5.41, 5.74) is 1.86. The first-order valence-corrected chi connectivity index (χ1v) is 11.0. The molecule has 1 unspecified atom stereocenters. The number of carbonyl (C=O) groups excluding carboxylic acids is 1. The van der Waals surface area contributed by atoms with Gasteiger partial charge in [0.05, 0.1) is 11.7 Å². The Hall–Kier alpha value is -3.32. The molecule has 2 aromatic carbocycles. The first-order chi connectivity index (χ1) is 15.5. The number of rotatable bonds is 3. The lowest BCUT2D eigenvalue weighted by Gasteiger charge is -2.26. The van der Waals surface area contributed by atoms with E-state index < -0.39 is 0 Å². The van der Waals surface area contributed by atoms with Gasteiger partial charge in [-0.15, -0.1) is 0 Å². The number of amides is 1. The van der Waals surface area contributed by atoms with E-state index in [0.717, 1.165) is 24.1 Å². The fraction of sp³-hybridized carbons (Fsp3) is 0.292. The van der Waals surface area contributed by atoms with Crippen molar-refractivity contribution in [3.63, 3.8) is 0 Å². The van der Waals surface area contributed by atoms with E-state index in [0.29, 0.717) is 42.0 Å². The molecule has 1 atom stereocenters. The zero-order valence-electron chi connectivity index (χ0n) is 17.6. The van der Waals surface area contributed by atoms with Gasteiger partial charge in [0.25, 0.3) is 5.91 Å². The van der Waals surface area contributed by atoms with Crippen molar-refractivity contribution in [2.75, 3.05) is 19.8 Å². The molecular weight excluding hydrogens is 430 g/mol. The minimum absolute atomic E-state index is 0.0880. The molecular formula is C24H22ClN3O4. The Morgan fingerprint density at radius 2 is 1.81 bits per heavy atom. The molecule has 1 aromatic heterocycles. The number of hydrogen-bond donors (Lipinski definition) is 0. The van der Waals surface area contributed by atoms with E-state index in [1.54, 1.807) is 40.8 Å². The number of nitrogens with zero attached hydrogens (tertiary/aromatic N) is 3. The molecule has 0 spiro atoms. The van der Waals surface area contributed by atoms with E-state index in [2.05, 4.69) is 5.10 Å². The zero-order chi connectivity index (χ0) is 22.2. The predicted octanol–water partition coefficient (Wildman–Crippen LogP) is 3.94. The van der Waals surface area contributed by atoms with Gasteiger partial charge in [-0.05, 0) is 61.7 Å². The molecule has 1 saturated heterocycles. The van der Waals surface area contributed by atoms with Crippen LogP contribution in [0.25, 0.3) is 5.69 Å². The van der Waals surface area contributed by atoms with Crippen molar-refractivity contribution >= 4 is 17.5 Å². The average molecular weight is 452 g/mol. The quantitative estimate of drug-likeness (QED) is 0.603. The predicted molar refractivity (Wildman–Crippen MR) is 120 cm³/mol. The van der Waals surface area contributed by atoms with Crippen LogP contribution in [-0.4, -0.2) is 40.3 Å². The van der Waals surface area contributed by atoms with Gasteiger partial charge in [0, 0.05) is 23.3 Å². The molecule has 8 heteroatoms. The van der Waals surface area contributed by atoms with Gasteiger partial charge in [-0.1, -0.05) is 17.7 Å². The second-order valence-corrected chi connectivity index (χ2v) is 8.38. The van der Waals surface area contributed by atoms with E-state index in [9.17, 15) is 9.59 Å². The summed E-state index contributed by atoms with van der Waals surface area (Å²) in [6.45, 7) is 3.37. The van der Waals surface area contributed by atoms with Crippen molar-refractivity contribution in [3.8, 4) is 17.2 Å². The van der Waals surface area contributed by atoms with Crippen LogP contribution in [0.4, 0.5) is 0 Å². The normalized spacial score (nSPS) is 17.4. The molecule has 5 rings (SSSR count). The van der Waals surface area contributed by atoms with E-state index in [-0.39, 0.29) is 23.1 Å². The lowest BCUT2D eigenvalue weighted by atomic mass is 10.0. The Labute approximate surface area is 190 Å². The van der Waals surface area contributed by atoms with Gasteiger partial charge in [0.15, 0.2) is 17.2 Å². The van der Waals surface area contributed by atoms with Gasteiger partial charge in [-0.25, -0.2) is 4.68 Å². The number of hydrogen-bond acceptors (Lipinski definition) is 5. The van der Waals surface area contributed by atoms with Gasteiger partial charge < -0.3 is 14.4 Å². The molecule has 7 nitrogen and oxygen atoms in total. The van der Waals surface area contributed by atoms with Crippen LogP contribution in [0.2, 0.25) is 5.02 Å². The Balaban J connectivity index is 1.48. The lowest BCUT2D eigenvalue weighted by molar-refractivity contribution is 0.0725. The van der Waals surface area contributed by atoms with Gasteiger partial charge in [0.1, 0.15) is 13.2 Å². The van der Waals surface area contributed by atoms with Crippen LogP contribution < -0.4 is 14.9 Å². The number of aromatic nitrogens is 2. The second-order valence-electron chi connectivity index (χ2n) is 7.95. The molecule has 164 valence electrons. The Morgan fingerprint density at radius 3 is 2.59 bits per heavy atom. The Kier molecular flexibility index (Phi) is 5.35. The number of carbonyl (C=O) groups is 1. The van der Waals surface area contributed by atoms with Gasteiger partial charge in [0.2, 0.25) is 5.43 Å². The second kappa shape index (κ2) is 8.31. The van der Waals surface area contributed by atoms with E-state index in [1.165, 1.54) is 6.07 Å². The molecule has 0 radical (unpaired) electrons. The third-order valence-electron chi connectivity index (χ3n) is 5.85. The minimum Gasteiger partial charge on any atom is -0.486 e. The number of fused-ring (bicyclic) bond motifs is 1. The molecule has 3 aromatic rings. The highest BCUT2D eigenvalue weighted by Crippen LogP contribution is 2.38. The third-order valence-corrected chi connectivity index (χ3v) is 6.10. The summed E-state index contributed by atoms with van der Waals surface area (Å²) < 4.78 is 12.9. The van der Waals surface area contributed by atoms with Crippen LogP contribution >= 0.6 is 11.6 Å². The minimum atomic E-state index is -0.384. The molecule has 2 aliphatic rings. The molecule has 0 N–H and O–H groups in total. The van der Waals surface area contributed by atoms with Crippen molar-refractivity contribution < 1.29 is 14.3 Å². The molecule has 0 bridgehead atoms. The number of benzene rings is 2. The van der Waals surface area contributed by atoms with E-state index in [1.807, 2.05) is 18.2 Å². The van der Waals surface area contributed by atoms with Crippen molar-refractivity contribution in [1.82, 2.24) is 14.7 Å². The largest absolute Gasteiger partial charge is 0.486 e. The zero-order valence-corrected chi connectivity index (χ0v) is 18.3. The number of aryl methyl sites for hydroxylation is 1. The summed E-state index contributed by atoms with van der Waals surface area (Å²) in [5.74, 6) is 1.03. The highest BCUT2D eigenvalue weighted by molar-refractivity contribution is 6.30. The van der Waals surface area contributed by atoms with Crippen LogP contribution in [0.5, 0.6) is 11.5 Å². The first-order valence-electron chi connectivity index (χ1n) is 10.6. The number of likely N-dealkylation sites (tertiary alicyclic amines) is 1. The van der Waals surface area contributed by atoms with Crippen LogP contribution in [0, 0.1) is 6.92 Å². The van der Waals surface area contributed by atoms with Crippen molar-refractivity contribution in [3.05, 3.63) is 80.7 Å². The highest BCUT2D eigenvalue weighted by Gasteiger charge is 2.33.